The van der Waals surface area contributed by atoms with Crippen molar-refractivity contribution in [3.63, 3.8) is 0 Å². The summed E-state index contributed by atoms with van der Waals surface area (Å²) in [7, 11) is 0. The zero-order valence-electron chi connectivity index (χ0n) is 16.5. The minimum Gasteiger partial charge on any atom is -0.364 e. The lowest BCUT2D eigenvalue weighted by Gasteiger charge is -2.34. The van der Waals surface area contributed by atoms with Crippen molar-refractivity contribution in [3.05, 3.63) is 58.8 Å². The first-order valence-electron chi connectivity index (χ1n) is 9.06. The molecule has 2 aromatic heterocycles. The van der Waals surface area contributed by atoms with E-state index in [0.717, 1.165) is 23.4 Å². The van der Waals surface area contributed by atoms with Gasteiger partial charge in [0.1, 0.15) is 17.2 Å². The summed E-state index contributed by atoms with van der Waals surface area (Å²) in [6.45, 7) is 11.0. The number of fused-ring (bicyclic) bond motifs is 1. The van der Waals surface area contributed by atoms with Crippen molar-refractivity contribution in [2.45, 2.75) is 46.6 Å². The van der Waals surface area contributed by atoms with Crippen LogP contribution in [-0.2, 0) is 0 Å². The van der Waals surface area contributed by atoms with Gasteiger partial charge in [0.2, 0.25) is 0 Å². The fraction of sp³-hybridized carbons (Fsp3) is 0.381. The summed E-state index contributed by atoms with van der Waals surface area (Å²) >= 11 is 0. The van der Waals surface area contributed by atoms with E-state index in [2.05, 4.69) is 39.9 Å². The summed E-state index contributed by atoms with van der Waals surface area (Å²) in [5, 5.41) is 14.8. The molecule has 0 aliphatic carbocycles. The van der Waals surface area contributed by atoms with E-state index in [9.17, 15) is 10.1 Å². The molecule has 1 N–H and O–H groups in total. The minimum atomic E-state index is -0.379. The van der Waals surface area contributed by atoms with Gasteiger partial charge >= 0.3 is 0 Å². The molecule has 27 heavy (non-hydrogen) atoms. The van der Waals surface area contributed by atoms with E-state index >= 15 is 0 Å². The summed E-state index contributed by atoms with van der Waals surface area (Å²) in [4.78, 5) is 15.6. The van der Waals surface area contributed by atoms with Crippen LogP contribution in [0.1, 0.15) is 41.0 Å². The SMILES string of the molecule is CC(C)(C)CC(C)(C)Nc1c(-c2cccc([N+](=O)[O-])c2)nc2ccccn12. The lowest BCUT2D eigenvalue weighted by atomic mass is 9.82. The fourth-order valence-corrected chi connectivity index (χ4v) is 3.77. The van der Waals surface area contributed by atoms with Crippen molar-refractivity contribution in [3.8, 4) is 11.3 Å². The first-order valence-corrected chi connectivity index (χ1v) is 9.06. The van der Waals surface area contributed by atoms with Gasteiger partial charge in [-0.05, 0) is 37.8 Å². The molecule has 0 unspecified atom stereocenters. The van der Waals surface area contributed by atoms with Gasteiger partial charge < -0.3 is 5.32 Å². The summed E-state index contributed by atoms with van der Waals surface area (Å²) in [5.41, 5.74) is 2.27. The molecule has 0 bridgehead atoms. The quantitative estimate of drug-likeness (QED) is 0.475. The van der Waals surface area contributed by atoms with Crippen LogP contribution in [0.3, 0.4) is 0 Å². The van der Waals surface area contributed by atoms with Gasteiger partial charge in [-0.3, -0.25) is 14.5 Å². The normalized spacial score (nSPS) is 12.3. The Balaban J connectivity index is 2.13. The first kappa shape index (κ1) is 18.9. The van der Waals surface area contributed by atoms with Gasteiger partial charge in [-0.2, -0.15) is 0 Å². The number of benzene rings is 1. The maximum atomic E-state index is 11.2. The fourth-order valence-electron chi connectivity index (χ4n) is 3.77. The van der Waals surface area contributed by atoms with Crippen molar-refractivity contribution in [2.24, 2.45) is 5.41 Å². The van der Waals surface area contributed by atoms with E-state index in [0.29, 0.717) is 5.69 Å². The number of nitro benzene ring substituents is 1. The van der Waals surface area contributed by atoms with Gasteiger partial charge in [0.05, 0.1) is 4.92 Å². The molecule has 6 heteroatoms. The minimum absolute atomic E-state index is 0.0597. The van der Waals surface area contributed by atoms with Gasteiger partial charge in [-0.15, -0.1) is 0 Å². The topological polar surface area (TPSA) is 72.5 Å². The third-order valence-electron chi connectivity index (χ3n) is 4.29. The Kier molecular flexibility index (Phi) is 4.68. The van der Waals surface area contributed by atoms with E-state index in [1.807, 2.05) is 34.9 Å². The predicted octanol–water partition coefficient (Wildman–Crippen LogP) is 5.54. The van der Waals surface area contributed by atoms with Crippen molar-refractivity contribution >= 4 is 17.2 Å². The Morgan fingerprint density at radius 2 is 1.85 bits per heavy atom. The van der Waals surface area contributed by atoms with Crippen molar-refractivity contribution < 1.29 is 4.92 Å². The number of nitrogens with zero attached hydrogens (tertiary/aromatic N) is 3. The Bertz CT molecular complexity index is 983. The standard InChI is InChI=1S/C21H26N4O2/c1-20(2,3)14-21(4,5)23-19-18(22-17-11-6-7-12-24(17)19)15-9-8-10-16(13-15)25(26)27/h6-13,23H,14H2,1-5H3. The molecule has 0 aliphatic heterocycles. The third-order valence-corrected chi connectivity index (χ3v) is 4.29. The van der Waals surface area contributed by atoms with Crippen LogP contribution >= 0.6 is 0 Å². The number of nitro groups is 1. The first-order chi connectivity index (χ1) is 12.6. The molecule has 6 nitrogen and oxygen atoms in total. The highest BCUT2D eigenvalue weighted by Gasteiger charge is 2.28. The van der Waals surface area contributed by atoms with E-state index < -0.39 is 0 Å². The van der Waals surface area contributed by atoms with Crippen LogP contribution in [0.2, 0.25) is 0 Å². The second-order valence-corrected chi connectivity index (χ2v) is 8.79. The number of aromatic nitrogens is 2. The molecule has 0 amide bonds. The maximum absolute atomic E-state index is 11.2. The van der Waals surface area contributed by atoms with E-state index in [4.69, 9.17) is 4.98 Å². The smallest absolute Gasteiger partial charge is 0.270 e. The van der Waals surface area contributed by atoms with Crippen LogP contribution < -0.4 is 5.32 Å². The molecule has 142 valence electrons. The largest absolute Gasteiger partial charge is 0.364 e. The highest BCUT2D eigenvalue weighted by Crippen LogP contribution is 2.35. The van der Waals surface area contributed by atoms with Gasteiger partial charge in [0, 0.05) is 29.4 Å². The van der Waals surface area contributed by atoms with Crippen LogP contribution in [0.5, 0.6) is 0 Å². The van der Waals surface area contributed by atoms with Crippen LogP contribution in [0, 0.1) is 15.5 Å². The third kappa shape index (κ3) is 4.27. The highest BCUT2D eigenvalue weighted by atomic mass is 16.6. The molecule has 3 rings (SSSR count). The van der Waals surface area contributed by atoms with Gasteiger partial charge in [0.25, 0.3) is 5.69 Å². The van der Waals surface area contributed by atoms with Gasteiger partial charge in [0.15, 0.2) is 0 Å². The van der Waals surface area contributed by atoms with Crippen LogP contribution in [0.4, 0.5) is 11.5 Å². The zero-order valence-corrected chi connectivity index (χ0v) is 16.5. The van der Waals surface area contributed by atoms with Gasteiger partial charge in [-0.1, -0.05) is 39.0 Å². The average Bonchev–Trinajstić information content (AvgIpc) is 2.91. The second-order valence-electron chi connectivity index (χ2n) is 8.79. The second kappa shape index (κ2) is 6.68. The number of non-ortho nitro benzene ring substituents is 1. The Morgan fingerprint density at radius 3 is 2.52 bits per heavy atom. The van der Waals surface area contributed by atoms with Crippen molar-refractivity contribution in [1.82, 2.24) is 9.38 Å². The number of rotatable bonds is 5. The molecule has 0 spiro atoms. The molecule has 0 fully saturated rings. The number of imidazole rings is 1. The van der Waals surface area contributed by atoms with E-state index in [-0.39, 0.29) is 21.6 Å². The van der Waals surface area contributed by atoms with E-state index in [1.54, 1.807) is 12.1 Å². The zero-order chi connectivity index (χ0) is 19.8. The molecular weight excluding hydrogens is 340 g/mol. The molecule has 0 atom stereocenters. The number of hydrogen-bond donors (Lipinski definition) is 1. The lowest BCUT2D eigenvalue weighted by Crippen LogP contribution is -2.36. The molecule has 0 radical (unpaired) electrons. The molecule has 1 aromatic carbocycles. The molecule has 0 saturated heterocycles. The number of anilines is 1. The highest BCUT2D eigenvalue weighted by molar-refractivity contribution is 5.78. The summed E-state index contributed by atoms with van der Waals surface area (Å²) in [6, 6.07) is 12.4. The van der Waals surface area contributed by atoms with Crippen molar-refractivity contribution in [2.75, 3.05) is 5.32 Å². The molecule has 0 saturated carbocycles. The molecule has 2 heterocycles. The van der Waals surface area contributed by atoms with Gasteiger partial charge in [-0.25, -0.2) is 4.98 Å². The Morgan fingerprint density at radius 1 is 1.11 bits per heavy atom. The predicted molar refractivity (Wildman–Crippen MR) is 109 cm³/mol. The van der Waals surface area contributed by atoms with Crippen LogP contribution in [-0.4, -0.2) is 19.8 Å². The molecular formula is C21H26N4O2. The Labute approximate surface area is 159 Å². The summed E-state index contributed by atoms with van der Waals surface area (Å²) in [5.74, 6) is 0.848. The summed E-state index contributed by atoms with van der Waals surface area (Å²) < 4.78 is 2.00. The number of hydrogen-bond acceptors (Lipinski definition) is 4. The number of pyridine rings is 1. The van der Waals surface area contributed by atoms with Crippen molar-refractivity contribution in [1.29, 1.82) is 0 Å². The lowest BCUT2D eigenvalue weighted by molar-refractivity contribution is -0.384. The Hall–Kier alpha value is -2.89. The van der Waals surface area contributed by atoms with E-state index in [1.165, 1.54) is 6.07 Å². The molecule has 0 aliphatic rings. The monoisotopic (exact) mass is 366 g/mol. The molecule has 3 aromatic rings. The average molecular weight is 366 g/mol. The maximum Gasteiger partial charge on any atom is 0.270 e. The van der Waals surface area contributed by atoms with Crippen LogP contribution in [0.15, 0.2) is 48.7 Å². The van der Waals surface area contributed by atoms with Crippen LogP contribution in [0.25, 0.3) is 16.9 Å². The summed E-state index contributed by atoms with van der Waals surface area (Å²) in [6.07, 6.45) is 2.91. The number of nitrogens with one attached hydrogen (secondary N) is 1.